The van der Waals surface area contributed by atoms with Crippen molar-refractivity contribution in [1.82, 2.24) is 0 Å². The summed E-state index contributed by atoms with van der Waals surface area (Å²) in [5.74, 6) is 0.888. The van der Waals surface area contributed by atoms with Crippen LogP contribution < -0.4 is 9.47 Å². The zero-order chi connectivity index (χ0) is 18.2. The number of carbonyl (C=O) groups excluding carboxylic acids is 2. The average Bonchev–Trinajstić information content (AvgIpc) is 2.59. The third-order valence-corrected chi connectivity index (χ3v) is 4.26. The van der Waals surface area contributed by atoms with Crippen molar-refractivity contribution >= 4 is 17.8 Å². The SMILES string of the molecule is COc1cc2c(c(OC)c1)C(=O)O[C@@H](C)CCCC(=O)CCC/C=C/2. The van der Waals surface area contributed by atoms with Crippen LogP contribution in [0.3, 0.4) is 0 Å². The van der Waals surface area contributed by atoms with Gasteiger partial charge in [-0.15, -0.1) is 0 Å². The summed E-state index contributed by atoms with van der Waals surface area (Å²) in [7, 11) is 3.09. The van der Waals surface area contributed by atoms with Gasteiger partial charge in [0.2, 0.25) is 0 Å². The molecular weight excluding hydrogens is 320 g/mol. The maximum Gasteiger partial charge on any atom is 0.342 e. The van der Waals surface area contributed by atoms with E-state index in [2.05, 4.69) is 0 Å². The van der Waals surface area contributed by atoms with Crippen LogP contribution in [-0.2, 0) is 9.53 Å². The number of benzene rings is 1. The van der Waals surface area contributed by atoms with E-state index in [0.717, 1.165) is 19.3 Å². The van der Waals surface area contributed by atoms with Crippen molar-refractivity contribution in [3.8, 4) is 11.5 Å². The molecule has 0 unspecified atom stereocenters. The van der Waals surface area contributed by atoms with Crippen molar-refractivity contribution in [2.75, 3.05) is 14.2 Å². The lowest BCUT2D eigenvalue weighted by Gasteiger charge is -2.17. The largest absolute Gasteiger partial charge is 0.497 e. The number of cyclic esters (lactones) is 1. The molecule has 1 aliphatic rings. The number of ketones is 1. The quantitative estimate of drug-likeness (QED) is 0.752. The first-order chi connectivity index (χ1) is 12.0. The van der Waals surface area contributed by atoms with E-state index in [0.29, 0.717) is 41.9 Å². The van der Waals surface area contributed by atoms with Gasteiger partial charge in [0.1, 0.15) is 22.8 Å². The minimum atomic E-state index is -0.421. The number of esters is 1. The number of ether oxygens (including phenoxy) is 3. The van der Waals surface area contributed by atoms with Crippen molar-refractivity contribution in [2.24, 2.45) is 0 Å². The summed E-state index contributed by atoms with van der Waals surface area (Å²) in [6.07, 6.45) is 7.69. The standard InChI is InChI=1S/C20H26O5/c1-14-8-7-11-16(21)10-6-4-5-9-15-12-17(23-2)13-18(24-3)19(15)20(22)25-14/h5,9,12-14H,4,6-8,10-11H2,1-3H3/b9-5+/t14-/m0/s1. The zero-order valence-corrected chi connectivity index (χ0v) is 15.2. The minimum absolute atomic E-state index is 0.258. The van der Waals surface area contributed by atoms with Crippen molar-refractivity contribution in [2.45, 2.75) is 51.6 Å². The van der Waals surface area contributed by atoms with Crippen LogP contribution >= 0.6 is 0 Å². The summed E-state index contributed by atoms with van der Waals surface area (Å²) < 4.78 is 16.2. The van der Waals surface area contributed by atoms with Gasteiger partial charge in [-0.2, -0.15) is 0 Å². The maximum absolute atomic E-state index is 12.7. The van der Waals surface area contributed by atoms with E-state index in [1.54, 1.807) is 19.2 Å². The van der Waals surface area contributed by atoms with Crippen molar-refractivity contribution in [3.05, 3.63) is 29.3 Å². The highest BCUT2D eigenvalue weighted by Crippen LogP contribution is 2.31. The van der Waals surface area contributed by atoms with Crippen molar-refractivity contribution in [1.29, 1.82) is 0 Å². The highest BCUT2D eigenvalue weighted by atomic mass is 16.5. The Morgan fingerprint density at radius 2 is 1.84 bits per heavy atom. The van der Waals surface area contributed by atoms with Crippen LogP contribution in [0.5, 0.6) is 11.5 Å². The molecule has 1 atom stereocenters. The predicted molar refractivity (Wildman–Crippen MR) is 96.2 cm³/mol. The van der Waals surface area contributed by atoms with Crippen LogP contribution in [0.25, 0.3) is 6.08 Å². The molecule has 136 valence electrons. The molecule has 0 radical (unpaired) electrons. The van der Waals surface area contributed by atoms with Crippen LogP contribution in [0.1, 0.15) is 61.4 Å². The Hall–Kier alpha value is -2.30. The number of methoxy groups -OCH3 is 2. The van der Waals surface area contributed by atoms with Crippen LogP contribution in [0.2, 0.25) is 0 Å². The Morgan fingerprint density at radius 1 is 1.08 bits per heavy atom. The lowest BCUT2D eigenvalue weighted by Crippen LogP contribution is -2.17. The van der Waals surface area contributed by atoms with Gasteiger partial charge in [-0.3, -0.25) is 4.79 Å². The fraction of sp³-hybridized carbons (Fsp3) is 0.500. The second-order valence-corrected chi connectivity index (χ2v) is 6.24. The Bertz CT molecular complexity index is 648. The van der Waals surface area contributed by atoms with Crippen LogP contribution in [0, 0.1) is 0 Å². The first-order valence-corrected chi connectivity index (χ1v) is 8.70. The van der Waals surface area contributed by atoms with Gasteiger partial charge < -0.3 is 14.2 Å². The van der Waals surface area contributed by atoms with E-state index >= 15 is 0 Å². The van der Waals surface area contributed by atoms with Gasteiger partial charge in [0, 0.05) is 18.9 Å². The molecule has 0 saturated carbocycles. The normalized spacial score (nSPS) is 20.8. The van der Waals surface area contributed by atoms with E-state index in [9.17, 15) is 9.59 Å². The van der Waals surface area contributed by atoms with Gasteiger partial charge in [-0.25, -0.2) is 4.79 Å². The van der Waals surface area contributed by atoms with E-state index < -0.39 is 5.97 Å². The van der Waals surface area contributed by atoms with E-state index in [1.165, 1.54) is 7.11 Å². The second kappa shape index (κ2) is 9.25. The molecule has 5 heteroatoms. The first-order valence-electron chi connectivity index (χ1n) is 8.70. The predicted octanol–water partition coefficient (Wildman–Crippen LogP) is 4.19. The molecular formula is C20H26O5. The second-order valence-electron chi connectivity index (χ2n) is 6.24. The molecule has 0 aromatic heterocycles. The molecule has 0 saturated heterocycles. The lowest BCUT2D eigenvalue weighted by atomic mass is 10.0. The molecule has 0 bridgehead atoms. The van der Waals surface area contributed by atoms with Gasteiger partial charge in [-0.05, 0) is 44.2 Å². The molecule has 1 heterocycles. The number of carbonyl (C=O) groups is 2. The molecule has 5 nitrogen and oxygen atoms in total. The Morgan fingerprint density at radius 3 is 2.56 bits per heavy atom. The summed E-state index contributed by atoms with van der Waals surface area (Å²) >= 11 is 0. The fourth-order valence-electron chi connectivity index (χ4n) is 2.88. The number of allylic oxidation sites excluding steroid dienone is 1. The topological polar surface area (TPSA) is 61.8 Å². The van der Waals surface area contributed by atoms with Gasteiger partial charge in [0.05, 0.1) is 20.3 Å². The third-order valence-electron chi connectivity index (χ3n) is 4.26. The number of fused-ring (bicyclic) bond motifs is 1. The molecule has 0 N–H and O–H groups in total. The summed E-state index contributed by atoms with van der Waals surface area (Å²) in [6.45, 7) is 1.85. The smallest absolute Gasteiger partial charge is 0.342 e. The minimum Gasteiger partial charge on any atom is -0.497 e. The van der Waals surface area contributed by atoms with Crippen LogP contribution in [0.4, 0.5) is 0 Å². The van der Waals surface area contributed by atoms with E-state index in [4.69, 9.17) is 14.2 Å². The molecule has 25 heavy (non-hydrogen) atoms. The Kier molecular flexibility index (Phi) is 7.04. The van der Waals surface area contributed by atoms with Crippen LogP contribution in [0.15, 0.2) is 18.2 Å². The van der Waals surface area contributed by atoms with Crippen molar-refractivity contribution in [3.63, 3.8) is 0 Å². The highest BCUT2D eigenvalue weighted by Gasteiger charge is 2.21. The molecule has 0 aliphatic carbocycles. The van der Waals surface area contributed by atoms with Gasteiger partial charge in [-0.1, -0.05) is 12.2 Å². The summed E-state index contributed by atoms with van der Waals surface area (Å²) in [5.41, 5.74) is 1.09. The fourth-order valence-corrected chi connectivity index (χ4v) is 2.88. The molecule has 1 aliphatic heterocycles. The molecule has 0 spiro atoms. The Balaban J connectivity index is 2.39. The number of Topliss-reactive ketones (excluding diaryl/α,β-unsaturated/α-hetero) is 1. The van der Waals surface area contributed by atoms with Gasteiger partial charge in [0.25, 0.3) is 0 Å². The van der Waals surface area contributed by atoms with E-state index in [1.807, 2.05) is 19.1 Å². The molecule has 0 amide bonds. The number of hydrogen-bond donors (Lipinski definition) is 0. The first kappa shape index (κ1) is 19.0. The molecule has 2 rings (SSSR count). The zero-order valence-electron chi connectivity index (χ0n) is 15.2. The number of rotatable bonds is 2. The monoisotopic (exact) mass is 346 g/mol. The number of hydrogen-bond acceptors (Lipinski definition) is 5. The van der Waals surface area contributed by atoms with Crippen molar-refractivity contribution < 1.29 is 23.8 Å². The lowest BCUT2D eigenvalue weighted by molar-refractivity contribution is -0.119. The Labute approximate surface area is 149 Å². The van der Waals surface area contributed by atoms with E-state index in [-0.39, 0.29) is 11.9 Å². The summed E-state index contributed by atoms with van der Waals surface area (Å²) in [4.78, 5) is 24.5. The van der Waals surface area contributed by atoms with Gasteiger partial charge in [0.15, 0.2) is 0 Å². The molecule has 1 aromatic carbocycles. The molecule has 0 fully saturated rings. The summed E-state index contributed by atoms with van der Waals surface area (Å²) in [6, 6.07) is 3.47. The highest BCUT2D eigenvalue weighted by molar-refractivity contribution is 5.97. The average molecular weight is 346 g/mol. The summed E-state index contributed by atoms with van der Waals surface area (Å²) in [5, 5.41) is 0. The molecule has 1 aromatic rings. The maximum atomic E-state index is 12.7. The third kappa shape index (κ3) is 5.34. The van der Waals surface area contributed by atoms with Gasteiger partial charge >= 0.3 is 5.97 Å². The van der Waals surface area contributed by atoms with Crippen LogP contribution in [-0.4, -0.2) is 32.1 Å².